The predicted octanol–water partition coefficient (Wildman–Crippen LogP) is 3.80. The van der Waals surface area contributed by atoms with Gasteiger partial charge in [0.05, 0.1) is 5.69 Å². The highest BCUT2D eigenvalue weighted by molar-refractivity contribution is 9.10. The summed E-state index contributed by atoms with van der Waals surface area (Å²) in [5, 5.41) is 2.90. The molecule has 0 bridgehead atoms. The molecule has 0 saturated heterocycles. The molecule has 0 aliphatic heterocycles. The number of amides is 1. The smallest absolute Gasteiger partial charge is 0.272 e. The summed E-state index contributed by atoms with van der Waals surface area (Å²) in [6, 6.07) is 7.42. The number of anilines is 2. The number of nitrogens with two attached hydrogens (primary N) is 1. The van der Waals surface area contributed by atoms with Gasteiger partial charge in [0.15, 0.2) is 0 Å². The van der Waals surface area contributed by atoms with Crippen LogP contribution in [0.2, 0.25) is 0 Å². The minimum Gasteiger partial charge on any atom is -0.397 e. The minimum atomic E-state index is -0.142. The van der Waals surface area contributed by atoms with Crippen LogP contribution >= 0.6 is 15.9 Å². The summed E-state index contributed by atoms with van der Waals surface area (Å²) in [4.78, 5) is 12.3. The molecule has 0 spiro atoms. The van der Waals surface area contributed by atoms with Crippen LogP contribution in [0.4, 0.5) is 11.4 Å². The van der Waals surface area contributed by atoms with Crippen molar-refractivity contribution in [2.24, 2.45) is 0 Å². The van der Waals surface area contributed by atoms with E-state index >= 15 is 0 Å². The van der Waals surface area contributed by atoms with Gasteiger partial charge in [-0.2, -0.15) is 0 Å². The van der Waals surface area contributed by atoms with Gasteiger partial charge in [0, 0.05) is 22.9 Å². The Morgan fingerprint density at radius 2 is 2.15 bits per heavy atom. The molecule has 3 N–H and O–H groups in total. The zero-order chi connectivity index (χ0) is 14.7. The van der Waals surface area contributed by atoms with E-state index in [1.165, 1.54) is 0 Å². The molecule has 0 atom stereocenters. The maximum Gasteiger partial charge on any atom is 0.272 e. The minimum absolute atomic E-state index is 0.142. The van der Waals surface area contributed by atoms with Crippen molar-refractivity contribution in [2.75, 3.05) is 11.1 Å². The number of hydrogen-bond acceptors (Lipinski definition) is 2. The van der Waals surface area contributed by atoms with Crippen molar-refractivity contribution in [1.29, 1.82) is 0 Å². The average molecular weight is 336 g/mol. The van der Waals surface area contributed by atoms with Gasteiger partial charge >= 0.3 is 0 Å². The first kappa shape index (κ1) is 14.7. The standard InChI is InChI=1S/C15H18BrN3O/c1-3-6-19-9-11(17)8-14(19)15(20)18-12-4-5-13(16)10(2)7-12/h4-5,7-9H,3,6,17H2,1-2H3,(H,18,20). The topological polar surface area (TPSA) is 60.0 Å². The van der Waals surface area contributed by atoms with Gasteiger partial charge in [0.1, 0.15) is 5.69 Å². The lowest BCUT2D eigenvalue weighted by molar-refractivity contribution is 0.101. The lowest BCUT2D eigenvalue weighted by atomic mass is 10.2. The fraction of sp³-hybridized carbons (Fsp3) is 0.267. The van der Waals surface area contributed by atoms with Crippen LogP contribution in [0, 0.1) is 6.92 Å². The van der Waals surface area contributed by atoms with Crippen LogP contribution in [0.25, 0.3) is 0 Å². The largest absolute Gasteiger partial charge is 0.397 e. The second-order valence-electron chi connectivity index (χ2n) is 4.77. The van der Waals surface area contributed by atoms with E-state index in [-0.39, 0.29) is 5.91 Å². The molecule has 4 nitrogen and oxygen atoms in total. The third-order valence-electron chi connectivity index (χ3n) is 3.03. The molecule has 2 rings (SSSR count). The van der Waals surface area contributed by atoms with Crippen LogP contribution in [-0.2, 0) is 6.54 Å². The molecular formula is C15H18BrN3O. The second-order valence-corrected chi connectivity index (χ2v) is 5.62. The molecular weight excluding hydrogens is 318 g/mol. The van der Waals surface area contributed by atoms with Crippen LogP contribution in [0.1, 0.15) is 29.4 Å². The third kappa shape index (κ3) is 3.22. The Morgan fingerprint density at radius 3 is 2.80 bits per heavy atom. The van der Waals surface area contributed by atoms with Gasteiger partial charge in [0.2, 0.25) is 0 Å². The van der Waals surface area contributed by atoms with Crippen molar-refractivity contribution < 1.29 is 4.79 Å². The number of rotatable bonds is 4. The summed E-state index contributed by atoms with van der Waals surface area (Å²) >= 11 is 3.44. The summed E-state index contributed by atoms with van der Waals surface area (Å²) in [6.07, 6.45) is 2.75. The Hall–Kier alpha value is -1.75. The molecule has 0 aliphatic carbocycles. The number of carbonyl (C=O) groups excluding carboxylic acids is 1. The maximum atomic E-state index is 12.3. The number of hydrogen-bond donors (Lipinski definition) is 2. The highest BCUT2D eigenvalue weighted by Crippen LogP contribution is 2.21. The van der Waals surface area contributed by atoms with Gasteiger partial charge in [-0.1, -0.05) is 22.9 Å². The van der Waals surface area contributed by atoms with Gasteiger partial charge in [-0.15, -0.1) is 0 Å². The molecule has 1 amide bonds. The van der Waals surface area contributed by atoms with Crippen molar-refractivity contribution in [3.63, 3.8) is 0 Å². The maximum absolute atomic E-state index is 12.3. The molecule has 0 radical (unpaired) electrons. The number of aryl methyl sites for hydroxylation is 2. The number of carbonyl (C=O) groups is 1. The first-order valence-corrected chi connectivity index (χ1v) is 7.33. The van der Waals surface area contributed by atoms with E-state index in [1.54, 1.807) is 12.3 Å². The monoisotopic (exact) mass is 335 g/mol. The SMILES string of the molecule is CCCn1cc(N)cc1C(=O)Nc1ccc(Br)c(C)c1. The fourth-order valence-electron chi connectivity index (χ4n) is 2.07. The van der Waals surface area contributed by atoms with Crippen molar-refractivity contribution in [2.45, 2.75) is 26.8 Å². The van der Waals surface area contributed by atoms with E-state index in [1.807, 2.05) is 29.7 Å². The Kier molecular flexibility index (Phi) is 4.49. The molecule has 20 heavy (non-hydrogen) atoms. The van der Waals surface area contributed by atoms with Crippen molar-refractivity contribution in [3.8, 4) is 0 Å². The first-order valence-electron chi connectivity index (χ1n) is 6.54. The van der Waals surface area contributed by atoms with Gasteiger partial charge in [-0.3, -0.25) is 4.79 Å². The molecule has 1 heterocycles. The van der Waals surface area contributed by atoms with E-state index in [2.05, 4.69) is 28.2 Å². The zero-order valence-electron chi connectivity index (χ0n) is 11.6. The average Bonchev–Trinajstić information content (AvgIpc) is 2.75. The Labute approximate surface area is 127 Å². The molecule has 1 aromatic heterocycles. The quantitative estimate of drug-likeness (QED) is 0.892. The van der Waals surface area contributed by atoms with Gasteiger partial charge < -0.3 is 15.6 Å². The number of benzene rings is 1. The summed E-state index contributed by atoms with van der Waals surface area (Å²) in [5.41, 5.74) is 8.82. The summed E-state index contributed by atoms with van der Waals surface area (Å²) in [5.74, 6) is -0.142. The van der Waals surface area contributed by atoms with Crippen molar-refractivity contribution >= 4 is 33.2 Å². The van der Waals surface area contributed by atoms with E-state index < -0.39 is 0 Å². The number of halogens is 1. The third-order valence-corrected chi connectivity index (χ3v) is 3.92. The number of nitrogens with one attached hydrogen (secondary N) is 1. The van der Waals surface area contributed by atoms with E-state index in [0.717, 1.165) is 28.7 Å². The lowest BCUT2D eigenvalue weighted by Gasteiger charge is -2.09. The second kappa shape index (κ2) is 6.13. The van der Waals surface area contributed by atoms with Crippen LogP contribution in [0.15, 0.2) is 34.9 Å². The normalized spacial score (nSPS) is 10.6. The zero-order valence-corrected chi connectivity index (χ0v) is 13.2. The Balaban J connectivity index is 2.21. The fourth-order valence-corrected chi connectivity index (χ4v) is 2.31. The Morgan fingerprint density at radius 1 is 1.40 bits per heavy atom. The van der Waals surface area contributed by atoms with Gasteiger partial charge in [-0.25, -0.2) is 0 Å². The molecule has 0 aliphatic rings. The highest BCUT2D eigenvalue weighted by atomic mass is 79.9. The number of nitrogens with zero attached hydrogens (tertiary/aromatic N) is 1. The van der Waals surface area contributed by atoms with E-state index in [4.69, 9.17) is 5.73 Å². The summed E-state index contributed by atoms with van der Waals surface area (Å²) < 4.78 is 2.91. The first-order chi connectivity index (χ1) is 9.51. The molecule has 5 heteroatoms. The van der Waals surface area contributed by atoms with Crippen LogP contribution < -0.4 is 11.1 Å². The van der Waals surface area contributed by atoms with Crippen LogP contribution in [-0.4, -0.2) is 10.5 Å². The van der Waals surface area contributed by atoms with Gasteiger partial charge in [-0.05, 0) is 43.2 Å². The van der Waals surface area contributed by atoms with Crippen LogP contribution in [0.3, 0.4) is 0 Å². The summed E-state index contributed by atoms with van der Waals surface area (Å²) in [7, 11) is 0. The summed E-state index contributed by atoms with van der Waals surface area (Å²) in [6.45, 7) is 4.83. The molecule has 0 saturated carbocycles. The van der Waals surface area contributed by atoms with Gasteiger partial charge in [0.25, 0.3) is 5.91 Å². The molecule has 0 fully saturated rings. The lowest BCUT2D eigenvalue weighted by Crippen LogP contribution is -2.16. The number of nitrogen functional groups attached to an aromatic ring is 1. The molecule has 106 valence electrons. The van der Waals surface area contributed by atoms with Crippen molar-refractivity contribution in [1.82, 2.24) is 4.57 Å². The Bertz CT molecular complexity index is 634. The molecule has 0 unspecified atom stereocenters. The predicted molar refractivity (Wildman–Crippen MR) is 86.0 cm³/mol. The van der Waals surface area contributed by atoms with E-state index in [0.29, 0.717) is 11.4 Å². The van der Waals surface area contributed by atoms with Crippen LogP contribution in [0.5, 0.6) is 0 Å². The highest BCUT2D eigenvalue weighted by Gasteiger charge is 2.13. The van der Waals surface area contributed by atoms with E-state index in [9.17, 15) is 4.79 Å². The number of aromatic nitrogens is 1. The van der Waals surface area contributed by atoms with Crippen molar-refractivity contribution in [3.05, 3.63) is 46.2 Å². The molecule has 1 aromatic carbocycles. The molecule has 2 aromatic rings.